The highest BCUT2D eigenvalue weighted by Gasteiger charge is 2.45. The zero-order chi connectivity index (χ0) is 29.4. The van der Waals surface area contributed by atoms with E-state index in [0.29, 0.717) is 5.75 Å². The minimum absolute atomic E-state index is 0.192. The Balaban J connectivity index is 1.45. The molecule has 1 fully saturated rings. The van der Waals surface area contributed by atoms with Crippen molar-refractivity contribution >= 4 is 0 Å². The molecule has 4 N–H and O–H groups in total. The van der Waals surface area contributed by atoms with Gasteiger partial charge < -0.3 is 34.6 Å². The van der Waals surface area contributed by atoms with Crippen molar-refractivity contribution < 1.29 is 34.6 Å². The SMILES string of the molecule is Cc1cc(OC2OC(CO)[C@@H](O)[C@H](O)[C@H]2O)cc2c1OC(C)(CCCC(C)CCCC(C)CCCC(C)C)CC2. The molecule has 0 spiro atoms. The number of aliphatic hydroxyl groups is 4. The summed E-state index contributed by atoms with van der Waals surface area (Å²) >= 11 is 0. The van der Waals surface area contributed by atoms with Gasteiger partial charge in [-0.25, -0.2) is 0 Å². The standard InChI is InChI=1S/C33H56O7/c1-21(2)10-7-11-22(3)12-8-13-23(4)14-9-16-33(6)17-15-25-19-26(18-24(5)31(25)40-33)38-32-30(37)29(36)28(35)27(20-34)39-32/h18-19,21-23,27-30,32,34-37H,7-17,20H2,1-6H3/t22?,23?,27?,28-,29+,30-,32?,33?/m1/s1. The molecule has 2 heterocycles. The quantitative estimate of drug-likeness (QED) is 0.217. The van der Waals surface area contributed by atoms with Gasteiger partial charge in [0.1, 0.15) is 41.5 Å². The maximum Gasteiger partial charge on any atom is 0.229 e. The van der Waals surface area contributed by atoms with Gasteiger partial charge in [0.25, 0.3) is 0 Å². The average Bonchev–Trinajstić information content (AvgIpc) is 2.89. The first-order chi connectivity index (χ1) is 18.9. The van der Waals surface area contributed by atoms with Crippen LogP contribution < -0.4 is 9.47 Å². The molecule has 3 rings (SSSR count). The Kier molecular flexibility index (Phi) is 12.6. The first-order valence-electron chi connectivity index (χ1n) is 15.7. The maximum atomic E-state index is 10.3. The molecule has 8 atom stereocenters. The lowest BCUT2D eigenvalue weighted by Crippen LogP contribution is -2.60. The predicted molar refractivity (Wildman–Crippen MR) is 158 cm³/mol. The second-order valence-electron chi connectivity index (χ2n) is 13.5. The van der Waals surface area contributed by atoms with Crippen LogP contribution in [0.1, 0.15) is 110 Å². The Morgan fingerprint density at radius 2 is 1.52 bits per heavy atom. The van der Waals surface area contributed by atoms with Crippen molar-refractivity contribution in [2.45, 2.75) is 148 Å². The minimum Gasteiger partial charge on any atom is -0.487 e. The number of hydrogen-bond donors (Lipinski definition) is 4. The zero-order valence-corrected chi connectivity index (χ0v) is 25.8. The Hall–Kier alpha value is -1.38. The average molecular weight is 565 g/mol. The fraction of sp³-hybridized carbons (Fsp3) is 0.818. The van der Waals surface area contributed by atoms with E-state index in [4.69, 9.17) is 14.2 Å². The molecule has 230 valence electrons. The first kappa shape index (κ1) is 33.1. The molecule has 1 aromatic carbocycles. The van der Waals surface area contributed by atoms with E-state index in [1.54, 1.807) is 0 Å². The van der Waals surface area contributed by atoms with Gasteiger partial charge in [0.05, 0.1) is 6.61 Å². The second-order valence-corrected chi connectivity index (χ2v) is 13.5. The van der Waals surface area contributed by atoms with Gasteiger partial charge in [-0.3, -0.25) is 0 Å². The lowest BCUT2D eigenvalue weighted by molar-refractivity contribution is -0.277. The summed E-state index contributed by atoms with van der Waals surface area (Å²) in [5, 5.41) is 39.9. The molecule has 0 amide bonds. The third-order valence-corrected chi connectivity index (χ3v) is 8.97. The van der Waals surface area contributed by atoms with Crippen molar-refractivity contribution in [2.24, 2.45) is 17.8 Å². The second kappa shape index (κ2) is 15.2. The zero-order valence-electron chi connectivity index (χ0n) is 25.8. The van der Waals surface area contributed by atoms with Crippen LogP contribution in [0.4, 0.5) is 0 Å². The summed E-state index contributed by atoms with van der Waals surface area (Å²) < 4.78 is 18.0. The normalized spacial score (nSPS) is 30.0. The van der Waals surface area contributed by atoms with E-state index in [0.717, 1.165) is 60.3 Å². The van der Waals surface area contributed by atoms with Crippen LogP contribution in [-0.2, 0) is 11.2 Å². The number of benzene rings is 1. The highest BCUT2D eigenvalue weighted by molar-refractivity contribution is 5.48. The molecule has 1 saturated heterocycles. The van der Waals surface area contributed by atoms with Crippen molar-refractivity contribution in [1.82, 2.24) is 0 Å². The van der Waals surface area contributed by atoms with Crippen LogP contribution in [0, 0.1) is 24.7 Å². The monoisotopic (exact) mass is 564 g/mol. The fourth-order valence-corrected chi connectivity index (χ4v) is 6.18. The van der Waals surface area contributed by atoms with Crippen molar-refractivity contribution in [3.8, 4) is 11.5 Å². The molecule has 2 aliphatic rings. The highest BCUT2D eigenvalue weighted by Crippen LogP contribution is 2.41. The predicted octanol–water partition coefficient (Wildman–Crippen LogP) is 5.70. The molecular weight excluding hydrogens is 508 g/mol. The maximum absolute atomic E-state index is 10.3. The molecule has 7 nitrogen and oxygen atoms in total. The van der Waals surface area contributed by atoms with E-state index in [1.165, 1.54) is 44.9 Å². The van der Waals surface area contributed by atoms with Gasteiger partial charge in [-0.2, -0.15) is 0 Å². The van der Waals surface area contributed by atoms with E-state index in [2.05, 4.69) is 34.6 Å². The van der Waals surface area contributed by atoms with E-state index in [1.807, 2.05) is 19.1 Å². The van der Waals surface area contributed by atoms with Gasteiger partial charge in [-0.1, -0.05) is 72.6 Å². The van der Waals surface area contributed by atoms with Gasteiger partial charge >= 0.3 is 0 Å². The molecule has 40 heavy (non-hydrogen) atoms. The first-order valence-corrected chi connectivity index (χ1v) is 15.7. The van der Waals surface area contributed by atoms with E-state index < -0.39 is 37.3 Å². The molecule has 0 aromatic heterocycles. The third kappa shape index (κ3) is 9.32. The number of fused-ring (bicyclic) bond motifs is 1. The smallest absolute Gasteiger partial charge is 0.229 e. The Morgan fingerprint density at radius 3 is 2.15 bits per heavy atom. The summed E-state index contributed by atoms with van der Waals surface area (Å²) in [5.41, 5.74) is 1.80. The minimum atomic E-state index is -1.47. The van der Waals surface area contributed by atoms with Crippen LogP contribution in [0.5, 0.6) is 11.5 Å². The number of rotatable bonds is 15. The lowest BCUT2D eigenvalue weighted by Gasteiger charge is -2.40. The Bertz CT molecular complexity index is 903. The molecule has 0 saturated carbocycles. The van der Waals surface area contributed by atoms with Crippen LogP contribution in [0.3, 0.4) is 0 Å². The van der Waals surface area contributed by atoms with Crippen LogP contribution >= 0.6 is 0 Å². The topological polar surface area (TPSA) is 109 Å². The Labute approximate surface area is 242 Å². The summed E-state index contributed by atoms with van der Waals surface area (Å²) in [4.78, 5) is 0. The van der Waals surface area contributed by atoms with Gasteiger partial charge in [0.2, 0.25) is 6.29 Å². The molecule has 5 unspecified atom stereocenters. The largest absolute Gasteiger partial charge is 0.487 e. The van der Waals surface area contributed by atoms with Crippen molar-refractivity contribution in [3.05, 3.63) is 23.3 Å². The Morgan fingerprint density at radius 1 is 0.900 bits per heavy atom. The van der Waals surface area contributed by atoms with E-state index in [9.17, 15) is 20.4 Å². The number of hydrogen-bond acceptors (Lipinski definition) is 7. The van der Waals surface area contributed by atoms with Crippen molar-refractivity contribution in [2.75, 3.05) is 6.61 Å². The summed E-state index contributed by atoms with van der Waals surface area (Å²) in [6.07, 6.45) is 6.77. The summed E-state index contributed by atoms with van der Waals surface area (Å²) in [6.45, 7) is 13.1. The highest BCUT2D eigenvalue weighted by atomic mass is 16.7. The van der Waals surface area contributed by atoms with Crippen molar-refractivity contribution in [3.63, 3.8) is 0 Å². The number of aryl methyl sites for hydroxylation is 2. The van der Waals surface area contributed by atoms with Crippen molar-refractivity contribution in [1.29, 1.82) is 0 Å². The third-order valence-electron chi connectivity index (χ3n) is 8.97. The van der Waals surface area contributed by atoms with Gasteiger partial charge in [-0.15, -0.1) is 0 Å². The summed E-state index contributed by atoms with van der Waals surface area (Å²) in [6, 6.07) is 3.74. The van der Waals surface area contributed by atoms with E-state index in [-0.39, 0.29) is 5.60 Å². The van der Waals surface area contributed by atoms with Crippen LogP contribution in [-0.4, -0.2) is 63.3 Å². The van der Waals surface area contributed by atoms with Crippen LogP contribution in [0.15, 0.2) is 12.1 Å². The fourth-order valence-electron chi connectivity index (χ4n) is 6.18. The number of ether oxygens (including phenoxy) is 3. The molecule has 0 aliphatic carbocycles. The molecule has 2 aliphatic heterocycles. The van der Waals surface area contributed by atoms with Gasteiger partial charge in [0, 0.05) is 0 Å². The molecule has 0 radical (unpaired) electrons. The van der Waals surface area contributed by atoms with Crippen LogP contribution in [0.25, 0.3) is 0 Å². The summed E-state index contributed by atoms with van der Waals surface area (Å²) in [5.74, 6) is 3.79. The molecule has 7 heteroatoms. The molecule has 0 bridgehead atoms. The van der Waals surface area contributed by atoms with Gasteiger partial charge in [0.15, 0.2) is 0 Å². The van der Waals surface area contributed by atoms with Gasteiger partial charge in [-0.05, 0) is 80.5 Å². The van der Waals surface area contributed by atoms with E-state index >= 15 is 0 Å². The van der Waals surface area contributed by atoms with Crippen LogP contribution in [0.2, 0.25) is 0 Å². The molecular formula is C33H56O7. The molecule has 1 aromatic rings. The summed E-state index contributed by atoms with van der Waals surface area (Å²) in [7, 11) is 0. The lowest BCUT2D eigenvalue weighted by atomic mass is 9.85. The number of aliphatic hydroxyl groups excluding tert-OH is 4.